The highest BCUT2D eigenvalue weighted by Gasteiger charge is 2.36. The van der Waals surface area contributed by atoms with Crippen LogP contribution in [0.25, 0.3) is 0 Å². The quantitative estimate of drug-likeness (QED) is 0.903. The fourth-order valence-electron chi connectivity index (χ4n) is 2.61. The zero-order valence-electron chi connectivity index (χ0n) is 12.5. The molecule has 1 aromatic carbocycles. The van der Waals surface area contributed by atoms with Gasteiger partial charge in [-0.3, -0.25) is 0 Å². The minimum absolute atomic E-state index is 0.0206. The van der Waals surface area contributed by atoms with Crippen molar-refractivity contribution in [2.45, 2.75) is 51.3 Å². The number of hydrogen-bond acceptors (Lipinski definition) is 3. The molecule has 20 heavy (non-hydrogen) atoms. The van der Waals surface area contributed by atoms with E-state index in [4.69, 9.17) is 10.5 Å². The SMILES string of the molecule is CC(C)(C)OC(=O)N1CCCC1C(N)c1ccccc1. The van der Waals surface area contributed by atoms with Crippen LogP contribution >= 0.6 is 0 Å². The van der Waals surface area contributed by atoms with E-state index in [9.17, 15) is 4.79 Å². The first-order valence-electron chi connectivity index (χ1n) is 7.18. The normalized spacial score (nSPS) is 20.8. The van der Waals surface area contributed by atoms with E-state index >= 15 is 0 Å². The van der Waals surface area contributed by atoms with Crippen molar-refractivity contribution in [3.05, 3.63) is 35.9 Å². The van der Waals surface area contributed by atoms with Crippen molar-refractivity contribution < 1.29 is 9.53 Å². The minimum atomic E-state index is -0.471. The maximum atomic E-state index is 12.3. The van der Waals surface area contributed by atoms with Crippen LogP contribution in [0.4, 0.5) is 4.79 Å². The number of hydrogen-bond donors (Lipinski definition) is 1. The number of amides is 1. The third kappa shape index (κ3) is 3.51. The Hall–Kier alpha value is -1.55. The Kier molecular flexibility index (Phi) is 4.33. The van der Waals surface area contributed by atoms with Gasteiger partial charge in [0.25, 0.3) is 0 Å². The zero-order chi connectivity index (χ0) is 14.8. The Morgan fingerprint density at radius 2 is 2.00 bits per heavy atom. The van der Waals surface area contributed by atoms with E-state index in [1.54, 1.807) is 4.90 Å². The first-order valence-corrected chi connectivity index (χ1v) is 7.18. The first kappa shape index (κ1) is 14.9. The summed E-state index contributed by atoms with van der Waals surface area (Å²) in [7, 11) is 0. The van der Waals surface area contributed by atoms with Gasteiger partial charge in [-0.1, -0.05) is 30.3 Å². The molecule has 2 atom stereocenters. The summed E-state index contributed by atoms with van der Waals surface area (Å²) in [5, 5.41) is 0. The van der Waals surface area contributed by atoms with E-state index in [2.05, 4.69) is 0 Å². The van der Waals surface area contributed by atoms with Crippen LogP contribution in [0, 0.1) is 0 Å². The van der Waals surface area contributed by atoms with Crippen LogP contribution in [0.2, 0.25) is 0 Å². The van der Waals surface area contributed by atoms with Gasteiger partial charge in [-0.15, -0.1) is 0 Å². The van der Waals surface area contributed by atoms with Gasteiger partial charge in [-0.2, -0.15) is 0 Å². The predicted molar refractivity (Wildman–Crippen MR) is 79.3 cm³/mol. The summed E-state index contributed by atoms with van der Waals surface area (Å²) in [5.41, 5.74) is 6.93. The van der Waals surface area contributed by atoms with Crippen LogP contribution in [0.3, 0.4) is 0 Å². The lowest BCUT2D eigenvalue weighted by atomic mass is 9.98. The van der Waals surface area contributed by atoms with E-state index in [1.807, 2.05) is 51.1 Å². The first-order chi connectivity index (χ1) is 9.38. The number of carbonyl (C=O) groups is 1. The molecule has 2 N–H and O–H groups in total. The van der Waals surface area contributed by atoms with E-state index in [0.717, 1.165) is 24.9 Å². The standard InChI is InChI=1S/C16H24N2O2/c1-16(2,3)20-15(19)18-11-7-10-13(18)14(17)12-8-5-4-6-9-12/h4-6,8-9,13-14H,7,10-11,17H2,1-3H3. The fraction of sp³-hybridized carbons (Fsp3) is 0.562. The van der Waals surface area contributed by atoms with Crippen molar-refractivity contribution in [1.29, 1.82) is 0 Å². The largest absolute Gasteiger partial charge is 0.444 e. The van der Waals surface area contributed by atoms with Gasteiger partial charge >= 0.3 is 6.09 Å². The summed E-state index contributed by atoms with van der Waals surface area (Å²) in [6.45, 7) is 6.37. The number of benzene rings is 1. The van der Waals surface area contributed by atoms with Crippen LogP contribution in [-0.4, -0.2) is 29.2 Å². The van der Waals surface area contributed by atoms with E-state index in [1.165, 1.54) is 0 Å². The molecular weight excluding hydrogens is 252 g/mol. The molecule has 2 unspecified atom stereocenters. The van der Waals surface area contributed by atoms with Gasteiger partial charge in [-0.05, 0) is 39.2 Å². The van der Waals surface area contributed by atoms with Crippen LogP contribution in [-0.2, 0) is 4.74 Å². The van der Waals surface area contributed by atoms with E-state index in [0.29, 0.717) is 0 Å². The molecule has 1 aliphatic heterocycles. The molecule has 1 fully saturated rings. The molecule has 0 aromatic heterocycles. The molecule has 1 aliphatic rings. The van der Waals surface area contributed by atoms with Crippen molar-refractivity contribution in [3.63, 3.8) is 0 Å². The Bertz CT molecular complexity index is 453. The summed E-state index contributed by atoms with van der Waals surface area (Å²) in [6.07, 6.45) is 1.64. The summed E-state index contributed by atoms with van der Waals surface area (Å²) >= 11 is 0. The Labute approximate surface area is 120 Å². The van der Waals surface area contributed by atoms with Gasteiger partial charge in [0.05, 0.1) is 12.1 Å². The summed E-state index contributed by atoms with van der Waals surface area (Å²) < 4.78 is 5.47. The third-order valence-electron chi connectivity index (χ3n) is 3.53. The lowest BCUT2D eigenvalue weighted by Crippen LogP contribution is -2.44. The molecule has 0 radical (unpaired) electrons. The van der Waals surface area contributed by atoms with Crippen LogP contribution in [0.15, 0.2) is 30.3 Å². The number of likely N-dealkylation sites (tertiary alicyclic amines) is 1. The van der Waals surface area contributed by atoms with E-state index in [-0.39, 0.29) is 18.2 Å². The molecule has 110 valence electrons. The van der Waals surface area contributed by atoms with Crippen molar-refractivity contribution in [2.75, 3.05) is 6.54 Å². The Morgan fingerprint density at radius 1 is 1.35 bits per heavy atom. The smallest absolute Gasteiger partial charge is 0.410 e. The molecule has 0 bridgehead atoms. The molecule has 2 rings (SSSR count). The topological polar surface area (TPSA) is 55.6 Å². The predicted octanol–water partition coefficient (Wildman–Crippen LogP) is 3.09. The van der Waals surface area contributed by atoms with E-state index < -0.39 is 5.60 Å². The average Bonchev–Trinajstić information content (AvgIpc) is 2.86. The molecule has 0 spiro atoms. The highest BCUT2D eigenvalue weighted by molar-refractivity contribution is 5.69. The van der Waals surface area contributed by atoms with Gasteiger partial charge < -0.3 is 15.4 Å². The van der Waals surface area contributed by atoms with Crippen molar-refractivity contribution in [1.82, 2.24) is 4.90 Å². The number of carbonyl (C=O) groups excluding carboxylic acids is 1. The third-order valence-corrected chi connectivity index (χ3v) is 3.53. The van der Waals surface area contributed by atoms with Crippen LogP contribution in [0.5, 0.6) is 0 Å². The monoisotopic (exact) mass is 276 g/mol. The highest BCUT2D eigenvalue weighted by Crippen LogP contribution is 2.29. The number of nitrogens with two attached hydrogens (primary N) is 1. The molecule has 1 amide bonds. The van der Waals surface area contributed by atoms with Crippen LogP contribution < -0.4 is 5.73 Å². The summed E-state index contributed by atoms with van der Waals surface area (Å²) in [5.74, 6) is 0. The van der Waals surface area contributed by atoms with Crippen molar-refractivity contribution in [2.24, 2.45) is 5.73 Å². The van der Waals surface area contributed by atoms with Gasteiger partial charge in [0.1, 0.15) is 5.60 Å². The maximum absolute atomic E-state index is 12.3. The number of nitrogens with zero attached hydrogens (tertiary/aromatic N) is 1. The van der Waals surface area contributed by atoms with Gasteiger partial charge in [0.15, 0.2) is 0 Å². The second-order valence-corrected chi connectivity index (χ2v) is 6.32. The molecule has 1 aromatic rings. The Balaban J connectivity index is 2.09. The number of ether oxygens (including phenoxy) is 1. The lowest BCUT2D eigenvalue weighted by molar-refractivity contribution is 0.0206. The average molecular weight is 276 g/mol. The van der Waals surface area contributed by atoms with Gasteiger partial charge in [0, 0.05) is 6.54 Å². The van der Waals surface area contributed by atoms with Crippen molar-refractivity contribution >= 4 is 6.09 Å². The lowest BCUT2D eigenvalue weighted by Gasteiger charge is -2.31. The maximum Gasteiger partial charge on any atom is 0.410 e. The molecule has 1 saturated heterocycles. The van der Waals surface area contributed by atoms with Gasteiger partial charge in [0.2, 0.25) is 0 Å². The molecular formula is C16H24N2O2. The second kappa shape index (κ2) is 5.83. The van der Waals surface area contributed by atoms with Gasteiger partial charge in [-0.25, -0.2) is 4.79 Å². The number of rotatable bonds is 2. The minimum Gasteiger partial charge on any atom is -0.444 e. The summed E-state index contributed by atoms with van der Waals surface area (Å²) in [6, 6.07) is 9.80. The zero-order valence-corrected chi connectivity index (χ0v) is 12.5. The van der Waals surface area contributed by atoms with Crippen LogP contribution in [0.1, 0.15) is 45.2 Å². The fourth-order valence-corrected chi connectivity index (χ4v) is 2.61. The second-order valence-electron chi connectivity index (χ2n) is 6.32. The highest BCUT2D eigenvalue weighted by atomic mass is 16.6. The summed E-state index contributed by atoms with van der Waals surface area (Å²) in [4.78, 5) is 14.0. The molecule has 0 saturated carbocycles. The molecule has 1 heterocycles. The molecule has 0 aliphatic carbocycles. The Morgan fingerprint density at radius 3 is 2.60 bits per heavy atom. The molecule has 4 heteroatoms. The molecule has 4 nitrogen and oxygen atoms in total. The van der Waals surface area contributed by atoms with Crippen molar-refractivity contribution in [3.8, 4) is 0 Å².